The molecule has 0 fully saturated rings. The minimum atomic E-state index is -1.02. The fourth-order valence-corrected chi connectivity index (χ4v) is 3.80. The summed E-state index contributed by atoms with van der Waals surface area (Å²) in [6.45, 7) is 0.221. The number of carbonyl (C=O) groups excluding carboxylic acids is 2. The fraction of sp³-hybridized carbons (Fsp3) is 0.0800. The Morgan fingerprint density at radius 3 is 2.38 bits per heavy atom. The largest absolute Gasteiger partial charge is 0.478 e. The molecule has 2 amide bonds. The third-order valence-electron chi connectivity index (χ3n) is 5.41. The van der Waals surface area contributed by atoms with Gasteiger partial charge < -0.3 is 14.6 Å². The number of aromatic carboxylic acids is 1. The van der Waals surface area contributed by atoms with Crippen molar-refractivity contribution < 1.29 is 29.0 Å². The molecule has 3 aromatic rings. The highest BCUT2D eigenvalue weighted by atomic mass is 16.7. The number of hydrogen-bond donors (Lipinski definition) is 1. The Morgan fingerprint density at radius 2 is 1.62 bits per heavy atom. The van der Waals surface area contributed by atoms with Gasteiger partial charge in [0.1, 0.15) is 0 Å². The molecule has 0 radical (unpaired) electrons. The first kappa shape index (κ1) is 19.6. The van der Waals surface area contributed by atoms with Gasteiger partial charge in [-0.2, -0.15) is 0 Å². The van der Waals surface area contributed by atoms with Crippen molar-refractivity contribution in [1.82, 2.24) is 4.90 Å². The summed E-state index contributed by atoms with van der Waals surface area (Å²) in [7, 11) is 0. The molecule has 0 aliphatic carbocycles. The van der Waals surface area contributed by atoms with Crippen LogP contribution in [0.15, 0.2) is 66.7 Å². The molecular weight excluding hydrogens is 410 g/mol. The molecule has 158 valence electrons. The van der Waals surface area contributed by atoms with E-state index in [0.29, 0.717) is 33.8 Å². The monoisotopic (exact) mass is 427 g/mol. The third kappa shape index (κ3) is 3.39. The highest BCUT2D eigenvalue weighted by Gasteiger charge is 2.34. The molecule has 0 unspecified atom stereocenters. The summed E-state index contributed by atoms with van der Waals surface area (Å²) in [5, 5.41) is 9.10. The summed E-state index contributed by atoms with van der Waals surface area (Å²) in [4.78, 5) is 38.9. The number of carboxylic acids is 1. The smallest absolute Gasteiger partial charge is 0.335 e. The predicted octanol–water partition coefficient (Wildman–Crippen LogP) is 3.84. The molecule has 2 aliphatic rings. The normalized spacial score (nSPS) is 15.8. The molecule has 0 spiro atoms. The van der Waals surface area contributed by atoms with Crippen molar-refractivity contribution in [2.45, 2.75) is 6.54 Å². The maximum absolute atomic E-state index is 13.4. The second-order valence-electron chi connectivity index (χ2n) is 7.41. The standard InChI is InChI=1S/C25H17NO6/c27-23-19-4-2-1-3-18(19)20(11-15-5-8-17(9-6-15)25(29)30)24(28)26(23)13-16-7-10-21-22(12-16)32-14-31-21/h1-12H,13-14H2,(H,29,30)/b20-11+. The van der Waals surface area contributed by atoms with E-state index in [1.807, 2.05) is 0 Å². The van der Waals surface area contributed by atoms with Crippen LogP contribution >= 0.6 is 0 Å². The van der Waals surface area contributed by atoms with Gasteiger partial charge in [-0.1, -0.05) is 36.4 Å². The molecule has 0 saturated carbocycles. The van der Waals surface area contributed by atoms with Gasteiger partial charge in [0.05, 0.1) is 12.1 Å². The van der Waals surface area contributed by atoms with E-state index >= 15 is 0 Å². The number of fused-ring (bicyclic) bond motifs is 2. The van der Waals surface area contributed by atoms with E-state index in [9.17, 15) is 14.4 Å². The van der Waals surface area contributed by atoms with E-state index in [1.165, 1.54) is 17.0 Å². The Kier molecular flexibility index (Phi) is 4.71. The van der Waals surface area contributed by atoms with Crippen molar-refractivity contribution in [3.05, 3.63) is 94.5 Å². The Hall–Kier alpha value is -4.39. The second kappa shape index (κ2) is 7.70. The first-order chi connectivity index (χ1) is 15.5. The maximum Gasteiger partial charge on any atom is 0.335 e. The lowest BCUT2D eigenvalue weighted by atomic mass is 9.91. The number of rotatable bonds is 4. The van der Waals surface area contributed by atoms with Crippen molar-refractivity contribution in [2.75, 3.05) is 6.79 Å². The summed E-state index contributed by atoms with van der Waals surface area (Å²) in [5.74, 6) is -0.617. The van der Waals surface area contributed by atoms with Crippen LogP contribution in [0.2, 0.25) is 0 Å². The lowest BCUT2D eigenvalue weighted by Crippen LogP contribution is -2.41. The molecule has 32 heavy (non-hydrogen) atoms. The zero-order valence-electron chi connectivity index (χ0n) is 16.8. The molecule has 7 nitrogen and oxygen atoms in total. The quantitative estimate of drug-likeness (QED) is 0.502. The van der Waals surface area contributed by atoms with Gasteiger partial charge in [-0.25, -0.2) is 4.79 Å². The van der Waals surface area contributed by atoms with Crippen LogP contribution < -0.4 is 9.47 Å². The second-order valence-corrected chi connectivity index (χ2v) is 7.41. The van der Waals surface area contributed by atoms with Gasteiger partial charge in [0.15, 0.2) is 11.5 Å². The number of nitrogens with zero attached hydrogens (tertiary/aromatic N) is 1. The summed E-state index contributed by atoms with van der Waals surface area (Å²) < 4.78 is 10.7. The van der Waals surface area contributed by atoms with Crippen LogP contribution in [-0.2, 0) is 11.3 Å². The van der Waals surface area contributed by atoms with Gasteiger partial charge in [-0.05, 0) is 53.1 Å². The number of imide groups is 1. The molecule has 7 heteroatoms. The SMILES string of the molecule is O=C(O)c1ccc(/C=C2/C(=O)N(Cc3ccc4c(c3)OCO4)C(=O)c3ccccc32)cc1. The number of carbonyl (C=O) groups is 3. The number of ether oxygens (including phenoxy) is 2. The van der Waals surface area contributed by atoms with E-state index in [-0.39, 0.29) is 24.8 Å². The minimum Gasteiger partial charge on any atom is -0.478 e. The zero-order valence-corrected chi connectivity index (χ0v) is 16.8. The molecule has 1 N–H and O–H groups in total. The summed E-state index contributed by atoms with van der Waals surface area (Å²) in [6, 6.07) is 18.5. The van der Waals surface area contributed by atoms with E-state index in [0.717, 1.165) is 5.56 Å². The molecule has 0 aromatic heterocycles. The van der Waals surface area contributed by atoms with Gasteiger partial charge in [0.2, 0.25) is 6.79 Å². The number of hydrogen-bond acceptors (Lipinski definition) is 5. The van der Waals surface area contributed by atoms with Crippen molar-refractivity contribution in [3.8, 4) is 11.5 Å². The highest BCUT2D eigenvalue weighted by molar-refractivity contribution is 6.33. The Balaban J connectivity index is 1.53. The number of amides is 2. The fourth-order valence-electron chi connectivity index (χ4n) is 3.80. The third-order valence-corrected chi connectivity index (χ3v) is 5.41. The molecule has 0 bridgehead atoms. The van der Waals surface area contributed by atoms with Gasteiger partial charge >= 0.3 is 5.97 Å². The van der Waals surface area contributed by atoms with Crippen molar-refractivity contribution >= 4 is 29.4 Å². The Bertz CT molecular complexity index is 1290. The van der Waals surface area contributed by atoms with Crippen molar-refractivity contribution in [3.63, 3.8) is 0 Å². The Labute approximate surface area is 183 Å². The lowest BCUT2D eigenvalue weighted by molar-refractivity contribution is -0.123. The number of benzene rings is 3. The van der Waals surface area contributed by atoms with E-state index in [2.05, 4.69) is 0 Å². The van der Waals surface area contributed by atoms with Crippen molar-refractivity contribution in [2.24, 2.45) is 0 Å². The van der Waals surface area contributed by atoms with Gasteiger partial charge in [0, 0.05) is 11.1 Å². The highest BCUT2D eigenvalue weighted by Crippen LogP contribution is 2.35. The summed E-state index contributed by atoms with van der Waals surface area (Å²) in [5.41, 5.74) is 2.89. The van der Waals surface area contributed by atoms with E-state index in [1.54, 1.807) is 60.7 Å². The van der Waals surface area contributed by atoms with E-state index in [4.69, 9.17) is 14.6 Å². The van der Waals surface area contributed by atoms with Crippen LogP contribution in [0, 0.1) is 0 Å². The van der Waals surface area contributed by atoms with Crippen molar-refractivity contribution in [1.29, 1.82) is 0 Å². The average molecular weight is 427 g/mol. The van der Waals surface area contributed by atoms with Gasteiger partial charge in [-0.3, -0.25) is 14.5 Å². The molecule has 2 heterocycles. The number of carboxylic acid groups (broad SMARTS) is 1. The lowest BCUT2D eigenvalue weighted by Gasteiger charge is -2.28. The van der Waals surface area contributed by atoms with Crippen LogP contribution in [-0.4, -0.2) is 34.6 Å². The minimum absolute atomic E-state index is 0.0813. The van der Waals surface area contributed by atoms with Crippen LogP contribution in [0.4, 0.5) is 0 Å². The van der Waals surface area contributed by atoms with Gasteiger partial charge in [0.25, 0.3) is 11.8 Å². The van der Waals surface area contributed by atoms with Crippen LogP contribution in [0.1, 0.15) is 37.4 Å². The topological polar surface area (TPSA) is 93.1 Å². The molecule has 2 aliphatic heterocycles. The van der Waals surface area contributed by atoms with Crippen LogP contribution in [0.3, 0.4) is 0 Å². The Morgan fingerprint density at radius 1 is 0.906 bits per heavy atom. The van der Waals surface area contributed by atoms with Crippen LogP contribution in [0.25, 0.3) is 11.6 Å². The summed E-state index contributed by atoms with van der Waals surface area (Å²) in [6.07, 6.45) is 1.67. The molecule has 0 saturated heterocycles. The maximum atomic E-state index is 13.4. The summed E-state index contributed by atoms with van der Waals surface area (Å²) >= 11 is 0. The molecular formula is C25H17NO6. The van der Waals surface area contributed by atoms with Gasteiger partial charge in [-0.15, -0.1) is 0 Å². The van der Waals surface area contributed by atoms with E-state index < -0.39 is 11.9 Å². The predicted molar refractivity (Wildman–Crippen MR) is 115 cm³/mol. The first-order valence-electron chi connectivity index (χ1n) is 9.90. The molecule has 3 aromatic carbocycles. The molecule has 0 atom stereocenters. The zero-order chi connectivity index (χ0) is 22.2. The first-order valence-corrected chi connectivity index (χ1v) is 9.90. The average Bonchev–Trinajstić information content (AvgIpc) is 3.28. The van der Waals surface area contributed by atoms with Crippen LogP contribution in [0.5, 0.6) is 11.5 Å². The molecule has 5 rings (SSSR count).